The van der Waals surface area contributed by atoms with Crippen molar-refractivity contribution in [3.63, 3.8) is 0 Å². The van der Waals surface area contributed by atoms with Crippen LogP contribution in [0.25, 0.3) is 0 Å². The topological polar surface area (TPSA) is 55.1 Å². The molecule has 0 unspecified atom stereocenters. The van der Waals surface area contributed by atoms with Gasteiger partial charge in [0.15, 0.2) is 0 Å². The molecule has 0 radical (unpaired) electrons. The van der Waals surface area contributed by atoms with Crippen molar-refractivity contribution >= 4 is 23.4 Å². The number of nitrogen functional groups attached to an aromatic ring is 1. The van der Waals surface area contributed by atoms with Crippen molar-refractivity contribution in [2.24, 2.45) is 5.92 Å². The Morgan fingerprint density at radius 1 is 1.35 bits per heavy atom. The summed E-state index contributed by atoms with van der Waals surface area (Å²) in [6.45, 7) is 4.33. The van der Waals surface area contributed by atoms with Gasteiger partial charge in [-0.2, -0.15) is 0 Å². The maximum Gasteiger partial charge on any atom is 0.230 e. The number of benzene rings is 1. The molecule has 1 amide bonds. The van der Waals surface area contributed by atoms with E-state index in [-0.39, 0.29) is 5.91 Å². The molecular formula is C16H24N2OS. The van der Waals surface area contributed by atoms with Crippen LogP contribution in [0.5, 0.6) is 0 Å². The number of thioether (sulfide) groups is 1. The molecule has 2 rings (SSSR count). The Hall–Kier alpha value is -1.16. The fourth-order valence-corrected chi connectivity index (χ4v) is 3.47. The first-order valence-corrected chi connectivity index (χ1v) is 8.31. The summed E-state index contributed by atoms with van der Waals surface area (Å²) in [6.07, 6.45) is 4.70. The van der Waals surface area contributed by atoms with Crippen LogP contribution in [0.4, 0.5) is 5.69 Å². The van der Waals surface area contributed by atoms with Crippen molar-refractivity contribution in [1.82, 2.24) is 5.32 Å². The van der Waals surface area contributed by atoms with Gasteiger partial charge in [-0.25, -0.2) is 0 Å². The maximum absolute atomic E-state index is 12.0. The smallest absolute Gasteiger partial charge is 0.230 e. The average Bonchev–Trinajstić information content (AvgIpc) is 2.42. The number of nitrogens with two attached hydrogens (primary N) is 1. The number of carbonyl (C=O) groups excluding carboxylic acids is 1. The molecule has 110 valence electrons. The van der Waals surface area contributed by atoms with Gasteiger partial charge in [-0.1, -0.05) is 13.0 Å². The molecule has 1 aromatic rings. The summed E-state index contributed by atoms with van der Waals surface area (Å²) in [5, 5.41) is 3.15. The van der Waals surface area contributed by atoms with Crippen LogP contribution in [0.1, 0.15) is 38.2 Å². The Balaban J connectivity index is 1.79. The minimum Gasteiger partial charge on any atom is -0.399 e. The van der Waals surface area contributed by atoms with Crippen molar-refractivity contribution in [2.75, 3.05) is 11.5 Å². The molecule has 0 spiro atoms. The predicted molar refractivity (Wildman–Crippen MR) is 85.9 cm³/mol. The lowest BCUT2D eigenvalue weighted by Crippen LogP contribution is -2.38. The zero-order valence-corrected chi connectivity index (χ0v) is 13.1. The van der Waals surface area contributed by atoms with Crippen LogP contribution < -0.4 is 11.1 Å². The molecule has 1 aliphatic rings. The molecule has 0 bridgehead atoms. The van der Waals surface area contributed by atoms with Gasteiger partial charge in [0, 0.05) is 16.6 Å². The second-order valence-corrected chi connectivity index (χ2v) is 6.86. The highest BCUT2D eigenvalue weighted by atomic mass is 32.2. The van der Waals surface area contributed by atoms with Gasteiger partial charge >= 0.3 is 0 Å². The first kappa shape index (κ1) is 15.2. The molecule has 4 heteroatoms. The molecule has 0 aliphatic heterocycles. The van der Waals surface area contributed by atoms with E-state index in [9.17, 15) is 4.79 Å². The molecular weight excluding hydrogens is 268 g/mol. The Morgan fingerprint density at radius 2 is 2.05 bits per heavy atom. The average molecular weight is 292 g/mol. The number of anilines is 1. The van der Waals surface area contributed by atoms with Gasteiger partial charge in [-0.05, 0) is 56.2 Å². The van der Waals surface area contributed by atoms with Crippen molar-refractivity contribution in [1.29, 1.82) is 0 Å². The largest absolute Gasteiger partial charge is 0.399 e. The minimum atomic E-state index is 0.136. The summed E-state index contributed by atoms with van der Waals surface area (Å²) < 4.78 is 0. The molecule has 0 saturated heterocycles. The van der Waals surface area contributed by atoms with Crippen molar-refractivity contribution in [3.8, 4) is 0 Å². The summed E-state index contributed by atoms with van der Waals surface area (Å²) in [4.78, 5) is 13.1. The van der Waals surface area contributed by atoms with Crippen molar-refractivity contribution < 1.29 is 4.79 Å². The lowest BCUT2D eigenvalue weighted by molar-refractivity contribution is -0.119. The minimum absolute atomic E-state index is 0.136. The van der Waals surface area contributed by atoms with E-state index in [4.69, 9.17) is 5.73 Å². The van der Waals surface area contributed by atoms with Crippen LogP contribution >= 0.6 is 11.8 Å². The predicted octanol–water partition coefficient (Wildman–Crippen LogP) is 3.36. The van der Waals surface area contributed by atoms with E-state index >= 15 is 0 Å². The van der Waals surface area contributed by atoms with Crippen LogP contribution in [0.2, 0.25) is 0 Å². The first-order valence-electron chi connectivity index (χ1n) is 7.33. The van der Waals surface area contributed by atoms with E-state index < -0.39 is 0 Å². The molecule has 1 aliphatic carbocycles. The maximum atomic E-state index is 12.0. The number of rotatable bonds is 4. The number of nitrogens with one attached hydrogen (secondary N) is 1. The Labute approximate surface area is 125 Å². The van der Waals surface area contributed by atoms with Gasteiger partial charge in [-0.15, -0.1) is 11.8 Å². The molecule has 0 atom stereocenters. The van der Waals surface area contributed by atoms with Gasteiger partial charge in [0.25, 0.3) is 0 Å². The summed E-state index contributed by atoms with van der Waals surface area (Å²) in [7, 11) is 0. The van der Waals surface area contributed by atoms with Crippen LogP contribution in [0, 0.1) is 12.8 Å². The highest BCUT2D eigenvalue weighted by Gasteiger charge is 2.19. The number of hydrogen-bond donors (Lipinski definition) is 2. The Kier molecular flexibility index (Phi) is 5.35. The lowest BCUT2D eigenvalue weighted by Gasteiger charge is -2.26. The van der Waals surface area contributed by atoms with E-state index in [1.807, 2.05) is 25.1 Å². The van der Waals surface area contributed by atoms with Gasteiger partial charge in [0.1, 0.15) is 0 Å². The zero-order valence-electron chi connectivity index (χ0n) is 12.3. The highest BCUT2D eigenvalue weighted by Crippen LogP contribution is 2.26. The van der Waals surface area contributed by atoms with E-state index in [0.29, 0.717) is 11.8 Å². The fourth-order valence-electron chi connectivity index (χ4n) is 2.59. The number of aryl methyl sites for hydroxylation is 1. The second kappa shape index (κ2) is 7.02. The highest BCUT2D eigenvalue weighted by molar-refractivity contribution is 8.00. The SMILES string of the molecule is Cc1ccc(N)cc1SCC(=O)NC1CCC(C)CC1. The van der Waals surface area contributed by atoms with Crippen molar-refractivity contribution in [2.45, 2.75) is 50.5 Å². The molecule has 1 fully saturated rings. The molecule has 1 saturated carbocycles. The third-order valence-electron chi connectivity index (χ3n) is 3.95. The molecule has 0 aromatic heterocycles. The van der Waals surface area contributed by atoms with Crippen molar-refractivity contribution in [3.05, 3.63) is 23.8 Å². The summed E-state index contributed by atoms with van der Waals surface area (Å²) >= 11 is 1.57. The normalized spacial score (nSPS) is 22.5. The molecule has 1 aromatic carbocycles. The van der Waals surface area contributed by atoms with Gasteiger partial charge in [-0.3, -0.25) is 4.79 Å². The van der Waals surface area contributed by atoms with E-state index in [1.165, 1.54) is 18.4 Å². The molecule has 20 heavy (non-hydrogen) atoms. The molecule has 0 heterocycles. The third kappa shape index (κ3) is 4.44. The standard InChI is InChI=1S/C16H24N2OS/c1-11-3-7-14(8-4-11)18-16(19)10-20-15-9-13(17)6-5-12(15)2/h5-6,9,11,14H,3-4,7-8,10,17H2,1-2H3,(H,18,19). The van der Waals surface area contributed by atoms with Crippen LogP contribution in [0.15, 0.2) is 23.1 Å². The van der Waals surface area contributed by atoms with E-state index in [0.717, 1.165) is 29.3 Å². The monoisotopic (exact) mass is 292 g/mol. The van der Waals surface area contributed by atoms with Gasteiger partial charge < -0.3 is 11.1 Å². The lowest BCUT2D eigenvalue weighted by atomic mass is 9.87. The van der Waals surface area contributed by atoms with Crippen LogP contribution in [-0.2, 0) is 4.79 Å². The van der Waals surface area contributed by atoms with Gasteiger partial charge in [0.05, 0.1) is 5.75 Å². The summed E-state index contributed by atoms with van der Waals surface area (Å²) in [6, 6.07) is 6.21. The fraction of sp³-hybridized carbons (Fsp3) is 0.562. The summed E-state index contributed by atoms with van der Waals surface area (Å²) in [5.41, 5.74) is 7.70. The quantitative estimate of drug-likeness (QED) is 0.661. The zero-order chi connectivity index (χ0) is 14.5. The van der Waals surface area contributed by atoms with E-state index in [2.05, 4.69) is 12.2 Å². The number of hydrogen-bond acceptors (Lipinski definition) is 3. The molecule has 3 N–H and O–H groups in total. The second-order valence-electron chi connectivity index (χ2n) is 5.84. The molecule has 3 nitrogen and oxygen atoms in total. The van der Waals surface area contributed by atoms with Gasteiger partial charge in [0.2, 0.25) is 5.91 Å². The third-order valence-corrected chi connectivity index (χ3v) is 5.11. The Morgan fingerprint density at radius 3 is 2.75 bits per heavy atom. The summed E-state index contributed by atoms with van der Waals surface area (Å²) in [5.74, 6) is 1.42. The van der Waals surface area contributed by atoms with Crippen LogP contribution in [-0.4, -0.2) is 17.7 Å². The van der Waals surface area contributed by atoms with Crippen LogP contribution in [0.3, 0.4) is 0 Å². The Bertz CT molecular complexity index is 468. The number of amides is 1. The number of carbonyl (C=O) groups is 1. The van der Waals surface area contributed by atoms with E-state index in [1.54, 1.807) is 11.8 Å². The first-order chi connectivity index (χ1) is 9.54.